The first-order valence-electron chi connectivity index (χ1n) is 8.34. The number of benzene rings is 1. The number of piperazine rings is 2. The first kappa shape index (κ1) is 16.0. The van der Waals surface area contributed by atoms with E-state index in [1.807, 2.05) is 13.8 Å². The van der Waals surface area contributed by atoms with Crippen LogP contribution < -0.4 is 5.32 Å². The summed E-state index contributed by atoms with van der Waals surface area (Å²) < 4.78 is 0. The van der Waals surface area contributed by atoms with Crippen molar-refractivity contribution in [2.24, 2.45) is 5.92 Å². The molecule has 2 atom stereocenters. The van der Waals surface area contributed by atoms with E-state index in [0.29, 0.717) is 13.1 Å². The number of carbonyl (C=O) groups excluding carboxylic acids is 2. The molecule has 1 N–H and O–H groups in total. The van der Waals surface area contributed by atoms with Gasteiger partial charge in [-0.15, -0.1) is 0 Å². The maximum absolute atomic E-state index is 12.5. The number of aryl methyl sites for hydroxylation is 1. The standard InChI is InChI=1S/C18H25N3O2/c1-12(2)16-18(23)21-8-7-20(11-15(21)17(22)19-16)10-14-6-4-5-13(3)9-14/h4-6,9,12,15-16H,7-8,10-11H2,1-3H3,(H,19,22)/t15-,16+/m1/s1. The van der Waals surface area contributed by atoms with E-state index in [1.54, 1.807) is 4.90 Å². The SMILES string of the molecule is Cc1cccc(CN2CCN3C(=O)[C@H](C(C)C)NC(=O)[C@H]3C2)c1. The average Bonchev–Trinajstić information content (AvgIpc) is 2.50. The molecule has 23 heavy (non-hydrogen) atoms. The Labute approximate surface area is 137 Å². The Balaban J connectivity index is 1.69. The van der Waals surface area contributed by atoms with E-state index < -0.39 is 0 Å². The Morgan fingerprint density at radius 1 is 1.26 bits per heavy atom. The third kappa shape index (κ3) is 3.24. The summed E-state index contributed by atoms with van der Waals surface area (Å²) in [6.07, 6.45) is 0. The lowest BCUT2D eigenvalue weighted by Gasteiger charge is -2.46. The van der Waals surface area contributed by atoms with Crippen molar-refractivity contribution < 1.29 is 9.59 Å². The van der Waals surface area contributed by atoms with Crippen LogP contribution in [0.4, 0.5) is 0 Å². The summed E-state index contributed by atoms with van der Waals surface area (Å²) in [5.41, 5.74) is 2.49. The summed E-state index contributed by atoms with van der Waals surface area (Å²) in [6, 6.07) is 7.71. The van der Waals surface area contributed by atoms with Crippen LogP contribution in [0, 0.1) is 12.8 Å². The molecule has 3 rings (SSSR count). The summed E-state index contributed by atoms with van der Waals surface area (Å²) in [4.78, 5) is 29.0. The second-order valence-corrected chi connectivity index (χ2v) is 7.00. The predicted molar refractivity (Wildman–Crippen MR) is 88.7 cm³/mol. The molecule has 1 aromatic rings. The van der Waals surface area contributed by atoms with Gasteiger partial charge in [-0.3, -0.25) is 14.5 Å². The second kappa shape index (κ2) is 6.32. The second-order valence-electron chi connectivity index (χ2n) is 7.00. The maximum Gasteiger partial charge on any atom is 0.246 e. The minimum atomic E-state index is -0.373. The number of nitrogens with zero attached hydrogens (tertiary/aromatic N) is 2. The molecule has 2 aliphatic heterocycles. The summed E-state index contributed by atoms with van der Waals surface area (Å²) in [5.74, 6) is 0.176. The molecule has 2 saturated heterocycles. The van der Waals surface area contributed by atoms with E-state index in [9.17, 15) is 9.59 Å². The molecular weight excluding hydrogens is 290 g/mol. The zero-order valence-corrected chi connectivity index (χ0v) is 14.1. The van der Waals surface area contributed by atoms with Gasteiger partial charge in [-0.1, -0.05) is 43.7 Å². The molecule has 0 spiro atoms. The van der Waals surface area contributed by atoms with Gasteiger partial charge in [0, 0.05) is 26.2 Å². The van der Waals surface area contributed by atoms with Gasteiger partial charge < -0.3 is 10.2 Å². The highest BCUT2D eigenvalue weighted by Crippen LogP contribution is 2.20. The molecule has 0 aromatic heterocycles. The largest absolute Gasteiger partial charge is 0.342 e. The van der Waals surface area contributed by atoms with Gasteiger partial charge in [0.1, 0.15) is 12.1 Å². The molecule has 2 aliphatic rings. The van der Waals surface area contributed by atoms with Crippen molar-refractivity contribution in [3.63, 3.8) is 0 Å². The smallest absolute Gasteiger partial charge is 0.246 e. The molecule has 5 nitrogen and oxygen atoms in total. The van der Waals surface area contributed by atoms with Crippen molar-refractivity contribution in [1.29, 1.82) is 0 Å². The van der Waals surface area contributed by atoms with Crippen molar-refractivity contribution in [3.05, 3.63) is 35.4 Å². The van der Waals surface area contributed by atoms with Crippen molar-refractivity contribution in [1.82, 2.24) is 15.1 Å². The first-order chi connectivity index (χ1) is 11.0. The monoisotopic (exact) mass is 315 g/mol. The molecule has 0 saturated carbocycles. The Morgan fingerprint density at radius 2 is 2.04 bits per heavy atom. The molecule has 0 unspecified atom stereocenters. The fraction of sp³-hybridized carbons (Fsp3) is 0.556. The van der Waals surface area contributed by atoms with Crippen LogP contribution >= 0.6 is 0 Å². The highest BCUT2D eigenvalue weighted by Gasteiger charge is 2.44. The molecule has 0 aliphatic carbocycles. The van der Waals surface area contributed by atoms with Gasteiger partial charge in [-0.2, -0.15) is 0 Å². The van der Waals surface area contributed by atoms with E-state index >= 15 is 0 Å². The Kier molecular flexibility index (Phi) is 4.39. The number of rotatable bonds is 3. The fourth-order valence-electron chi connectivity index (χ4n) is 3.48. The molecule has 2 amide bonds. The lowest BCUT2D eigenvalue weighted by atomic mass is 9.96. The van der Waals surface area contributed by atoms with Crippen molar-refractivity contribution in [2.45, 2.75) is 39.4 Å². The topological polar surface area (TPSA) is 52.6 Å². The van der Waals surface area contributed by atoms with Crippen LogP contribution in [0.1, 0.15) is 25.0 Å². The number of fused-ring (bicyclic) bond motifs is 1. The Hall–Kier alpha value is -1.88. The van der Waals surface area contributed by atoms with Crippen LogP contribution in [0.5, 0.6) is 0 Å². The number of nitrogens with one attached hydrogen (secondary N) is 1. The minimum absolute atomic E-state index is 0.0164. The molecule has 0 radical (unpaired) electrons. The molecule has 2 heterocycles. The lowest BCUT2D eigenvalue weighted by molar-refractivity contribution is -0.154. The molecule has 5 heteroatoms. The van der Waals surface area contributed by atoms with E-state index in [0.717, 1.165) is 13.1 Å². The van der Waals surface area contributed by atoms with Crippen LogP contribution in [-0.2, 0) is 16.1 Å². The maximum atomic E-state index is 12.5. The van der Waals surface area contributed by atoms with Crippen molar-refractivity contribution in [3.8, 4) is 0 Å². The zero-order valence-electron chi connectivity index (χ0n) is 14.1. The lowest BCUT2D eigenvalue weighted by Crippen LogP contribution is -2.70. The van der Waals surface area contributed by atoms with Crippen molar-refractivity contribution >= 4 is 11.8 Å². The molecule has 1 aromatic carbocycles. The third-order valence-electron chi connectivity index (χ3n) is 4.77. The van der Waals surface area contributed by atoms with Crippen LogP contribution in [0.2, 0.25) is 0 Å². The predicted octanol–water partition coefficient (Wildman–Crippen LogP) is 1.16. The quantitative estimate of drug-likeness (QED) is 0.911. The normalized spacial score (nSPS) is 25.5. The van der Waals surface area contributed by atoms with Crippen LogP contribution in [0.15, 0.2) is 24.3 Å². The van der Waals surface area contributed by atoms with Crippen LogP contribution in [0.25, 0.3) is 0 Å². The average molecular weight is 315 g/mol. The van der Waals surface area contributed by atoms with Crippen LogP contribution in [-0.4, -0.2) is 53.3 Å². The third-order valence-corrected chi connectivity index (χ3v) is 4.77. The highest BCUT2D eigenvalue weighted by atomic mass is 16.2. The zero-order chi connectivity index (χ0) is 16.6. The van der Waals surface area contributed by atoms with E-state index in [-0.39, 0.29) is 29.8 Å². The number of carbonyl (C=O) groups is 2. The van der Waals surface area contributed by atoms with Gasteiger partial charge in [-0.25, -0.2) is 0 Å². The number of hydrogen-bond acceptors (Lipinski definition) is 3. The van der Waals surface area contributed by atoms with E-state index in [4.69, 9.17) is 0 Å². The molecule has 2 fully saturated rings. The van der Waals surface area contributed by atoms with Crippen LogP contribution in [0.3, 0.4) is 0 Å². The molecular formula is C18H25N3O2. The van der Waals surface area contributed by atoms with Gasteiger partial charge in [0.05, 0.1) is 0 Å². The van der Waals surface area contributed by atoms with Crippen molar-refractivity contribution in [2.75, 3.05) is 19.6 Å². The first-order valence-corrected chi connectivity index (χ1v) is 8.34. The van der Waals surface area contributed by atoms with Gasteiger partial charge in [-0.05, 0) is 18.4 Å². The molecule has 124 valence electrons. The minimum Gasteiger partial charge on any atom is -0.342 e. The van der Waals surface area contributed by atoms with E-state index in [1.165, 1.54) is 11.1 Å². The van der Waals surface area contributed by atoms with Gasteiger partial charge in [0.15, 0.2) is 0 Å². The van der Waals surface area contributed by atoms with E-state index in [2.05, 4.69) is 41.4 Å². The Morgan fingerprint density at radius 3 is 2.74 bits per heavy atom. The number of amides is 2. The van der Waals surface area contributed by atoms with Gasteiger partial charge in [0.25, 0.3) is 0 Å². The highest BCUT2D eigenvalue weighted by molar-refractivity contribution is 5.97. The summed E-state index contributed by atoms with van der Waals surface area (Å²) >= 11 is 0. The summed E-state index contributed by atoms with van der Waals surface area (Å²) in [6.45, 7) is 8.90. The fourth-order valence-corrected chi connectivity index (χ4v) is 3.48. The molecule has 0 bridgehead atoms. The Bertz CT molecular complexity index is 614. The van der Waals surface area contributed by atoms with Gasteiger partial charge >= 0.3 is 0 Å². The number of hydrogen-bond donors (Lipinski definition) is 1. The summed E-state index contributed by atoms with van der Waals surface area (Å²) in [7, 11) is 0. The van der Waals surface area contributed by atoms with Gasteiger partial charge in [0.2, 0.25) is 11.8 Å². The summed E-state index contributed by atoms with van der Waals surface area (Å²) in [5, 5.41) is 2.90.